The van der Waals surface area contributed by atoms with E-state index in [0.717, 1.165) is 24.2 Å². The van der Waals surface area contributed by atoms with Crippen molar-refractivity contribution in [3.63, 3.8) is 0 Å². The fraction of sp³-hybridized carbons (Fsp3) is 0.391. The number of nitriles is 1. The maximum absolute atomic E-state index is 13.9. The van der Waals surface area contributed by atoms with Crippen LogP contribution >= 0.6 is 0 Å². The molecule has 2 saturated heterocycles. The molecule has 2 fully saturated rings. The number of rotatable bonds is 3. The first kappa shape index (κ1) is 19.4. The molecule has 2 heterocycles. The molecular formula is C23H25FN4O. The second-order valence-electron chi connectivity index (χ2n) is 8.22. The van der Waals surface area contributed by atoms with E-state index < -0.39 is 0 Å². The van der Waals surface area contributed by atoms with Crippen molar-refractivity contribution in [1.29, 1.82) is 5.26 Å². The highest BCUT2D eigenvalue weighted by Gasteiger charge is 2.49. The van der Waals surface area contributed by atoms with Gasteiger partial charge in [0.1, 0.15) is 5.82 Å². The average molecular weight is 392 g/mol. The van der Waals surface area contributed by atoms with Crippen LogP contribution in [0.1, 0.15) is 22.7 Å². The zero-order valence-corrected chi connectivity index (χ0v) is 16.8. The Morgan fingerprint density at radius 2 is 1.97 bits per heavy atom. The largest absolute Gasteiger partial charge is 0.331 e. The van der Waals surface area contributed by atoms with Gasteiger partial charge in [-0.05, 0) is 35.2 Å². The Kier molecular flexibility index (Phi) is 5.25. The molecule has 0 radical (unpaired) electrons. The number of urea groups is 1. The van der Waals surface area contributed by atoms with Gasteiger partial charge < -0.3 is 9.80 Å². The predicted octanol–water partition coefficient (Wildman–Crippen LogP) is 3.48. The van der Waals surface area contributed by atoms with Crippen LogP contribution < -0.4 is 0 Å². The van der Waals surface area contributed by atoms with Gasteiger partial charge in [0.15, 0.2) is 0 Å². The molecule has 5 nitrogen and oxygen atoms in total. The van der Waals surface area contributed by atoms with Gasteiger partial charge in [0.2, 0.25) is 0 Å². The minimum atomic E-state index is -0.277. The Morgan fingerprint density at radius 1 is 1.17 bits per heavy atom. The van der Waals surface area contributed by atoms with Crippen molar-refractivity contribution in [1.82, 2.24) is 14.7 Å². The Labute approximate surface area is 170 Å². The number of benzene rings is 2. The van der Waals surface area contributed by atoms with Crippen molar-refractivity contribution in [2.24, 2.45) is 11.8 Å². The number of hydrogen-bond donors (Lipinski definition) is 0. The Hall–Kier alpha value is -2.91. The Balaban J connectivity index is 1.59. The molecule has 0 bridgehead atoms. The lowest BCUT2D eigenvalue weighted by atomic mass is 9.89. The number of hydrogen-bond acceptors (Lipinski definition) is 3. The fourth-order valence-corrected chi connectivity index (χ4v) is 4.85. The van der Waals surface area contributed by atoms with Crippen LogP contribution in [-0.2, 0) is 6.54 Å². The van der Waals surface area contributed by atoms with E-state index in [1.54, 1.807) is 31.1 Å². The number of carbonyl (C=O) groups is 1. The van der Waals surface area contributed by atoms with Crippen LogP contribution in [0.15, 0.2) is 48.5 Å². The molecule has 0 unspecified atom stereocenters. The summed E-state index contributed by atoms with van der Waals surface area (Å²) in [6, 6.07) is 16.4. The van der Waals surface area contributed by atoms with Gasteiger partial charge in [0, 0.05) is 46.2 Å². The molecule has 2 amide bonds. The minimum Gasteiger partial charge on any atom is -0.331 e. The van der Waals surface area contributed by atoms with Crippen molar-refractivity contribution in [3.05, 3.63) is 71.0 Å². The normalized spacial score (nSPS) is 23.7. The SMILES string of the molecule is CN(C)C(=O)N1C[C@H]2CN(Cc3ccccc3C#N)C[C@H]2[C@H]1c1cccc(F)c1. The first-order valence-corrected chi connectivity index (χ1v) is 9.91. The van der Waals surface area contributed by atoms with Gasteiger partial charge in [-0.25, -0.2) is 9.18 Å². The second kappa shape index (κ2) is 7.84. The maximum atomic E-state index is 13.9. The molecule has 2 aliphatic heterocycles. The molecule has 0 aromatic heterocycles. The molecule has 0 saturated carbocycles. The highest BCUT2D eigenvalue weighted by Crippen LogP contribution is 2.45. The third-order valence-electron chi connectivity index (χ3n) is 6.09. The van der Waals surface area contributed by atoms with E-state index in [1.165, 1.54) is 6.07 Å². The van der Waals surface area contributed by atoms with E-state index in [9.17, 15) is 14.4 Å². The second-order valence-corrected chi connectivity index (χ2v) is 8.22. The van der Waals surface area contributed by atoms with Gasteiger partial charge >= 0.3 is 6.03 Å². The third kappa shape index (κ3) is 3.70. The van der Waals surface area contributed by atoms with Crippen LogP contribution in [0.25, 0.3) is 0 Å². The van der Waals surface area contributed by atoms with E-state index >= 15 is 0 Å². The van der Waals surface area contributed by atoms with Crippen LogP contribution in [-0.4, -0.2) is 54.5 Å². The Bertz CT molecular complexity index is 954. The zero-order valence-electron chi connectivity index (χ0n) is 16.8. The molecular weight excluding hydrogens is 367 g/mol. The standard InChI is InChI=1S/C23H25FN4O/c1-26(2)23(29)28-14-19-13-27(12-18-7-4-3-6-17(18)11-25)15-21(19)22(28)16-8-5-9-20(24)10-16/h3-10,19,21-22H,12-15H2,1-2H3/t19-,21-,22-/m1/s1. The van der Waals surface area contributed by atoms with Crippen LogP contribution in [0.4, 0.5) is 9.18 Å². The van der Waals surface area contributed by atoms with Gasteiger partial charge in [-0.1, -0.05) is 30.3 Å². The molecule has 6 heteroatoms. The summed E-state index contributed by atoms with van der Waals surface area (Å²) in [6.45, 7) is 3.07. The Morgan fingerprint density at radius 3 is 2.69 bits per heavy atom. The maximum Gasteiger partial charge on any atom is 0.320 e. The fourth-order valence-electron chi connectivity index (χ4n) is 4.85. The lowest BCUT2D eigenvalue weighted by Gasteiger charge is -2.32. The summed E-state index contributed by atoms with van der Waals surface area (Å²) >= 11 is 0. The summed E-state index contributed by atoms with van der Waals surface area (Å²) in [6.07, 6.45) is 0. The van der Waals surface area contributed by atoms with Crippen molar-refractivity contribution in [3.8, 4) is 6.07 Å². The number of fused-ring (bicyclic) bond motifs is 1. The number of carbonyl (C=O) groups excluding carboxylic acids is 1. The summed E-state index contributed by atoms with van der Waals surface area (Å²) in [4.78, 5) is 18.7. The van der Waals surface area contributed by atoms with Crippen molar-refractivity contribution < 1.29 is 9.18 Å². The molecule has 0 N–H and O–H groups in total. The smallest absolute Gasteiger partial charge is 0.320 e. The minimum absolute atomic E-state index is 0.0324. The topological polar surface area (TPSA) is 50.6 Å². The number of halogens is 1. The van der Waals surface area contributed by atoms with E-state index in [-0.39, 0.29) is 23.8 Å². The molecule has 29 heavy (non-hydrogen) atoms. The predicted molar refractivity (Wildman–Crippen MR) is 108 cm³/mol. The first-order valence-electron chi connectivity index (χ1n) is 9.91. The highest BCUT2D eigenvalue weighted by atomic mass is 19.1. The van der Waals surface area contributed by atoms with Gasteiger partial charge in [0.25, 0.3) is 0 Å². The van der Waals surface area contributed by atoms with E-state index in [1.807, 2.05) is 35.2 Å². The van der Waals surface area contributed by atoms with Gasteiger partial charge in [0.05, 0.1) is 17.7 Å². The summed E-state index contributed by atoms with van der Waals surface area (Å²) in [5.41, 5.74) is 2.58. The number of likely N-dealkylation sites (tertiary alicyclic amines) is 2. The zero-order chi connectivity index (χ0) is 20.5. The van der Waals surface area contributed by atoms with Crippen molar-refractivity contribution in [2.75, 3.05) is 33.7 Å². The molecule has 2 aromatic rings. The first-order chi connectivity index (χ1) is 14.0. The molecule has 2 aromatic carbocycles. The number of amides is 2. The van der Waals surface area contributed by atoms with Gasteiger partial charge in [-0.15, -0.1) is 0 Å². The van der Waals surface area contributed by atoms with E-state index in [2.05, 4.69) is 11.0 Å². The van der Waals surface area contributed by atoms with Crippen LogP contribution in [0, 0.1) is 29.0 Å². The summed E-state index contributed by atoms with van der Waals surface area (Å²) < 4.78 is 13.9. The van der Waals surface area contributed by atoms with Crippen molar-refractivity contribution >= 4 is 6.03 Å². The van der Waals surface area contributed by atoms with Gasteiger partial charge in [-0.2, -0.15) is 5.26 Å². The summed E-state index contributed by atoms with van der Waals surface area (Å²) in [5, 5.41) is 9.37. The van der Waals surface area contributed by atoms with Crippen LogP contribution in [0.3, 0.4) is 0 Å². The van der Waals surface area contributed by atoms with Gasteiger partial charge in [-0.3, -0.25) is 4.90 Å². The monoisotopic (exact) mass is 392 g/mol. The summed E-state index contributed by atoms with van der Waals surface area (Å²) in [5.74, 6) is 0.303. The lowest BCUT2D eigenvalue weighted by molar-refractivity contribution is 0.151. The molecule has 0 spiro atoms. The lowest BCUT2D eigenvalue weighted by Crippen LogP contribution is -2.41. The molecule has 3 atom stereocenters. The molecule has 4 rings (SSSR count). The summed E-state index contributed by atoms with van der Waals surface area (Å²) in [7, 11) is 3.51. The van der Waals surface area contributed by atoms with Crippen LogP contribution in [0.5, 0.6) is 0 Å². The van der Waals surface area contributed by atoms with E-state index in [4.69, 9.17) is 0 Å². The van der Waals surface area contributed by atoms with Crippen molar-refractivity contribution in [2.45, 2.75) is 12.6 Å². The van der Waals surface area contributed by atoms with E-state index in [0.29, 0.717) is 24.6 Å². The quantitative estimate of drug-likeness (QED) is 0.804. The third-order valence-corrected chi connectivity index (χ3v) is 6.09. The highest BCUT2D eigenvalue weighted by molar-refractivity contribution is 5.75. The average Bonchev–Trinajstić information content (AvgIpc) is 3.24. The van der Waals surface area contributed by atoms with Crippen LogP contribution in [0.2, 0.25) is 0 Å². The molecule has 2 aliphatic rings. The molecule has 0 aliphatic carbocycles. The molecule has 150 valence electrons. The number of nitrogens with zero attached hydrogens (tertiary/aromatic N) is 4.